The van der Waals surface area contributed by atoms with Crippen molar-refractivity contribution in [3.8, 4) is 0 Å². The second-order valence-electron chi connectivity index (χ2n) is 14.6. The third-order valence-electron chi connectivity index (χ3n) is 10.7. The van der Waals surface area contributed by atoms with E-state index in [1.165, 1.54) is 22.7 Å². The molecule has 3 saturated heterocycles. The smallest absolute Gasteiger partial charge is 0.348 e. The molecular weight excluding hydrogens is 658 g/mol. The summed E-state index contributed by atoms with van der Waals surface area (Å²) in [6.07, 6.45) is 1.70. The number of carbonyl (C=O) groups excluding carboxylic acids is 2. The Morgan fingerprint density at radius 3 is 2.17 bits per heavy atom. The highest BCUT2D eigenvalue weighted by molar-refractivity contribution is 7.12. The summed E-state index contributed by atoms with van der Waals surface area (Å²) in [5.41, 5.74) is 5.90. The van der Waals surface area contributed by atoms with E-state index < -0.39 is 13.9 Å². The van der Waals surface area contributed by atoms with Gasteiger partial charge in [0.2, 0.25) is 11.5 Å². The quantitative estimate of drug-likeness (QED) is 0.0977. The summed E-state index contributed by atoms with van der Waals surface area (Å²) in [6, 6.07) is 13.7. The number of hydrogen-bond acceptors (Lipinski definition) is 8. The van der Waals surface area contributed by atoms with E-state index in [1.807, 2.05) is 41.1 Å². The summed E-state index contributed by atoms with van der Waals surface area (Å²) >= 11 is 9.45. The van der Waals surface area contributed by atoms with Gasteiger partial charge in [0.15, 0.2) is 8.32 Å². The fraction of sp³-hybridized carbons (Fsp3) is 0.529. The van der Waals surface area contributed by atoms with Gasteiger partial charge in [-0.05, 0) is 58.7 Å². The number of nitrogens with zero attached hydrogens (tertiary/aromatic N) is 1. The molecule has 46 heavy (non-hydrogen) atoms. The van der Waals surface area contributed by atoms with Gasteiger partial charge in [0.1, 0.15) is 30.4 Å². The number of nitrogens with two attached hydrogens (primary N) is 1. The molecule has 0 radical (unpaired) electrons. The molecule has 6 rings (SSSR count). The van der Waals surface area contributed by atoms with Crippen LogP contribution in [0.5, 0.6) is 0 Å². The number of epoxide rings is 1. The Morgan fingerprint density at radius 1 is 1.07 bits per heavy atom. The van der Waals surface area contributed by atoms with E-state index >= 15 is 0 Å². The molecule has 248 valence electrons. The van der Waals surface area contributed by atoms with Crippen LogP contribution in [0, 0.1) is 0 Å². The highest BCUT2D eigenvalue weighted by Gasteiger charge is 2.72. The Kier molecular flexibility index (Phi) is 9.12. The van der Waals surface area contributed by atoms with Crippen LogP contribution < -0.4 is 11.1 Å². The lowest BCUT2D eigenvalue weighted by atomic mass is 9.94. The number of nitrogens with one attached hydrogen (secondary N) is 1. The Bertz CT molecular complexity index is 1520. The highest BCUT2D eigenvalue weighted by Crippen LogP contribution is 2.54. The monoisotopic (exact) mass is 702 g/mol. The number of quaternary nitrogens is 1. The molecule has 3 N–H and O–H groups in total. The van der Waals surface area contributed by atoms with Crippen LogP contribution in [0.2, 0.25) is 23.2 Å². The zero-order valence-corrected chi connectivity index (χ0v) is 30.8. The van der Waals surface area contributed by atoms with Crippen molar-refractivity contribution in [3.63, 3.8) is 0 Å². The van der Waals surface area contributed by atoms with Crippen molar-refractivity contribution in [2.45, 2.75) is 101 Å². The number of thiophene rings is 2. The molecule has 1 aromatic carbocycles. The van der Waals surface area contributed by atoms with E-state index in [0.29, 0.717) is 43.1 Å². The first-order valence-corrected chi connectivity index (χ1v) is 21.0. The van der Waals surface area contributed by atoms with Gasteiger partial charge in [-0.15, -0.1) is 22.7 Å². The molecule has 1 amide bonds. The number of amides is 1. The molecule has 2 aromatic heterocycles. The van der Waals surface area contributed by atoms with Gasteiger partial charge in [-0.1, -0.05) is 50.6 Å². The second kappa shape index (κ2) is 12.4. The Balaban J connectivity index is 1.19. The number of fused-ring (bicyclic) bond motifs is 5. The maximum atomic E-state index is 14.7. The topological polar surface area (TPSA) is 103 Å². The van der Waals surface area contributed by atoms with Crippen LogP contribution in [0.15, 0.2) is 53.2 Å². The first kappa shape index (κ1) is 33.8. The molecule has 3 fully saturated rings. The largest absolute Gasteiger partial charge is 0.459 e. The van der Waals surface area contributed by atoms with Gasteiger partial charge in [-0.3, -0.25) is 4.79 Å². The zero-order valence-electron chi connectivity index (χ0n) is 27.4. The second-order valence-corrected chi connectivity index (χ2v) is 21.6. The van der Waals surface area contributed by atoms with E-state index in [1.54, 1.807) is 12.1 Å². The van der Waals surface area contributed by atoms with E-state index in [4.69, 9.17) is 31.2 Å². The molecule has 3 aliphatic rings. The van der Waals surface area contributed by atoms with Crippen LogP contribution in [0.1, 0.15) is 55.4 Å². The third-order valence-corrected chi connectivity index (χ3v) is 17.4. The number of likely N-dealkylation sites (N-methyl/N-ethyl adjacent to an activating group) is 1. The summed E-state index contributed by atoms with van der Waals surface area (Å²) in [6.45, 7) is 12.0. The minimum Gasteiger partial charge on any atom is -0.459 e. The van der Waals surface area contributed by atoms with Crippen molar-refractivity contribution in [1.29, 1.82) is 0 Å². The van der Waals surface area contributed by atoms with Crippen molar-refractivity contribution in [2.75, 3.05) is 18.9 Å². The Hall–Kier alpha value is -2.09. The number of hydrogen-bond donors (Lipinski definition) is 2. The molecule has 4 atom stereocenters. The van der Waals surface area contributed by atoms with Crippen LogP contribution in [-0.2, 0) is 35.6 Å². The van der Waals surface area contributed by atoms with Crippen LogP contribution in [0.4, 0.5) is 5.69 Å². The van der Waals surface area contributed by atoms with Crippen molar-refractivity contribution < 1.29 is 28.0 Å². The van der Waals surface area contributed by atoms with Crippen LogP contribution in [-0.4, -0.2) is 68.7 Å². The molecule has 0 aliphatic carbocycles. The van der Waals surface area contributed by atoms with E-state index in [9.17, 15) is 9.59 Å². The van der Waals surface area contributed by atoms with Gasteiger partial charge in [0.25, 0.3) is 0 Å². The van der Waals surface area contributed by atoms with Crippen LogP contribution >= 0.6 is 34.3 Å². The summed E-state index contributed by atoms with van der Waals surface area (Å²) in [4.78, 5) is 29.4. The number of ether oxygens (including phenoxy) is 2. The molecule has 8 nitrogen and oxygen atoms in total. The van der Waals surface area contributed by atoms with Crippen molar-refractivity contribution in [1.82, 2.24) is 0 Å². The zero-order chi connectivity index (χ0) is 33.1. The first-order valence-electron chi connectivity index (χ1n) is 16.0. The summed E-state index contributed by atoms with van der Waals surface area (Å²) in [7, 11) is -0.220. The van der Waals surface area contributed by atoms with Gasteiger partial charge in [0.05, 0.1) is 40.5 Å². The molecule has 4 unspecified atom stereocenters. The van der Waals surface area contributed by atoms with Crippen molar-refractivity contribution in [2.24, 2.45) is 5.73 Å². The molecule has 12 heteroatoms. The molecule has 3 aromatic rings. The predicted molar refractivity (Wildman–Crippen MR) is 187 cm³/mol. The maximum absolute atomic E-state index is 14.7. The SMILES string of the molecule is CC(C)(C)[Si](C)(C)OC(C(=O)OC1CC2C3OC3C(C1)[N+]2(C)CCC(=O)Nc1ccc(CN)cc1Cl)(c1cccs1)c1cccs1. The van der Waals surface area contributed by atoms with Crippen molar-refractivity contribution >= 4 is 60.2 Å². The van der Waals surface area contributed by atoms with Gasteiger partial charge < -0.3 is 29.4 Å². The number of rotatable bonds is 11. The highest BCUT2D eigenvalue weighted by atomic mass is 35.5. The van der Waals surface area contributed by atoms with Crippen molar-refractivity contribution in [3.05, 3.63) is 73.6 Å². The van der Waals surface area contributed by atoms with E-state index in [-0.39, 0.29) is 47.3 Å². The Labute approximate surface area is 285 Å². The van der Waals surface area contributed by atoms with E-state index in [2.05, 4.69) is 46.2 Å². The minimum atomic E-state index is -2.44. The lowest BCUT2D eigenvalue weighted by Gasteiger charge is -2.49. The number of anilines is 1. The molecule has 2 bridgehead atoms. The Morgan fingerprint density at radius 2 is 1.67 bits per heavy atom. The first-order chi connectivity index (χ1) is 21.7. The molecular formula is C34H45ClN3O5S2Si+. The average molecular weight is 703 g/mol. The molecule has 3 aliphatic heterocycles. The number of piperidine rings is 1. The standard InChI is InChI=1S/C34H44ClN3O5S2Si/c1-33(2,3)46(5,6)43-34(27-9-7-15-44-27,28-10-8-16-45-28)32(40)41-22-18-25-30-31(42-30)26(19-22)38(25,4)14-13-29(39)37-24-12-11-21(20-36)17-23(24)35/h7-12,15-17,22,25-26,30-31H,13-14,18-20,36H2,1-6H3/p+1. The fourth-order valence-corrected chi connectivity index (χ4v) is 10.6. The summed E-state index contributed by atoms with van der Waals surface area (Å²) < 4.78 is 20.5. The number of esters is 1. The van der Waals surface area contributed by atoms with Gasteiger partial charge in [-0.2, -0.15) is 0 Å². The molecule has 5 heterocycles. The van der Waals surface area contributed by atoms with Gasteiger partial charge in [-0.25, -0.2) is 4.79 Å². The lowest BCUT2D eigenvalue weighted by Crippen LogP contribution is -2.63. The average Bonchev–Trinajstić information content (AvgIpc) is 3.30. The lowest BCUT2D eigenvalue weighted by molar-refractivity contribution is -0.955. The summed E-state index contributed by atoms with van der Waals surface area (Å²) in [5.74, 6) is -0.419. The number of halogens is 1. The predicted octanol–water partition coefficient (Wildman–Crippen LogP) is 6.89. The van der Waals surface area contributed by atoms with Crippen LogP contribution in [0.3, 0.4) is 0 Å². The third kappa shape index (κ3) is 6.02. The number of benzene rings is 1. The molecule has 0 spiro atoms. The van der Waals surface area contributed by atoms with Gasteiger partial charge in [0, 0.05) is 19.4 Å². The normalized spacial score (nSPS) is 27.3. The summed E-state index contributed by atoms with van der Waals surface area (Å²) in [5, 5.41) is 7.32. The number of carbonyl (C=O) groups is 2. The number of morpholine rings is 1. The fourth-order valence-electron chi connectivity index (χ4n) is 7.02. The maximum Gasteiger partial charge on any atom is 0.348 e. The molecule has 0 saturated carbocycles. The minimum absolute atomic E-state index is 0.0799. The van der Waals surface area contributed by atoms with Crippen LogP contribution in [0.25, 0.3) is 0 Å². The van der Waals surface area contributed by atoms with Gasteiger partial charge >= 0.3 is 5.97 Å². The van der Waals surface area contributed by atoms with E-state index in [0.717, 1.165) is 19.8 Å².